The number of aromatic hydroxyl groups is 1. The number of rotatable bonds is 10. The fourth-order valence-electron chi connectivity index (χ4n) is 10.6. The number of halogens is 1. The minimum Gasteiger partial charge on any atom is -0.508 e. The Kier molecular flexibility index (Phi) is 10.3. The minimum atomic E-state index is -1.51. The lowest BCUT2D eigenvalue weighted by Gasteiger charge is -2.47. The fraction of sp³-hybridized carbons (Fsp3) is 0.340. The van der Waals surface area contributed by atoms with Crippen molar-refractivity contribution in [3.63, 3.8) is 0 Å². The molecule has 1 saturated heterocycles. The summed E-state index contributed by atoms with van der Waals surface area (Å²) in [7, 11) is 9.11. The summed E-state index contributed by atoms with van der Waals surface area (Å²) in [4.78, 5) is 79.9. The Morgan fingerprint density at radius 1 is 0.896 bits per heavy atom. The smallest absolute Gasteiger partial charge is 0.347 e. The number of amides is 2. The monoisotopic (exact) mass is 948 g/mol. The summed E-state index contributed by atoms with van der Waals surface area (Å²) in [6.07, 6.45) is 1.73. The van der Waals surface area contributed by atoms with Gasteiger partial charge in [-0.15, -0.1) is 11.3 Å². The van der Waals surface area contributed by atoms with Crippen molar-refractivity contribution in [1.29, 1.82) is 0 Å². The van der Waals surface area contributed by atoms with Gasteiger partial charge < -0.3 is 28.6 Å². The molecule has 3 aliphatic rings. The molecule has 3 aromatic carbocycles. The normalized spacial score (nSPS) is 20.0. The maximum Gasteiger partial charge on any atom is 0.347 e. The van der Waals surface area contributed by atoms with Crippen LogP contribution >= 0.6 is 22.9 Å². The first-order valence-electron chi connectivity index (χ1n) is 21.4. The summed E-state index contributed by atoms with van der Waals surface area (Å²) in [5.74, 6) is -1.71. The molecule has 0 radical (unpaired) electrons. The van der Waals surface area contributed by atoms with Gasteiger partial charge in [-0.3, -0.25) is 19.1 Å². The van der Waals surface area contributed by atoms with Crippen molar-refractivity contribution in [3.05, 3.63) is 113 Å². The summed E-state index contributed by atoms with van der Waals surface area (Å²) in [5, 5.41) is 17.2. The van der Waals surface area contributed by atoms with Crippen molar-refractivity contribution in [2.75, 3.05) is 33.3 Å². The standard InChI is InChI=1S/C47H45ClN8O10S/c1-22-26-15-23(48)9-10-37(26)67-41(22)30-20-38(52(4)50-30)55-42(58)27-18-31-25(40(47(27,2)44(55)60)39-35(65-7)16-24(57)17-36(39)66-8)11-14-54-45(61)53(46(62)56(31)54)13-12-28-43(59)51(3)32-21-34(64-6)33(63-5)19-29(32)49-28/h9-11,15-17,19-21,27,31,40,57H,12-14,18H2,1-8H3/t27-,31+,40+,47+/m0/s1. The quantitative estimate of drug-likeness (QED) is 0.134. The SMILES string of the molecule is COc1cc2nc(CCn3c(=O)n4n(c3=O)[C@@H]3C[C@H]5C(=O)N(c6cc(-c7sc8ccc(Cl)cc8c7C)nn6C)C(=O)[C@@]5(C)[C@@H](c5c(OC)cc(O)cc5OC)C3=CC4)c(=O)n(C)c2cc1OC. The highest BCUT2D eigenvalue weighted by atomic mass is 35.5. The van der Waals surface area contributed by atoms with Crippen molar-refractivity contribution in [3.8, 4) is 39.3 Å². The number of phenolic OH excluding ortho intramolecular Hbond substituents is 1. The van der Waals surface area contributed by atoms with E-state index in [1.807, 2.05) is 31.2 Å². The first-order valence-corrected chi connectivity index (χ1v) is 22.6. The molecule has 0 bridgehead atoms. The van der Waals surface area contributed by atoms with E-state index in [1.54, 1.807) is 39.2 Å². The number of nitrogens with zero attached hydrogens (tertiary/aromatic N) is 8. The van der Waals surface area contributed by atoms with E-state index in [9.17, 15) is 19.5 Å². The third-order valence-corrected chi connectivity index (χ3v) is 15.4. The van der Waals surface area contributed by atoms with E-state index in [0.29, 0.717) is 44.4 Å². The number of imide groups is 1. The number of phenols is 1. The highest BCUT2D eigenvalue weighted by Crippen LogP contribution is 2.64. The molecule has 1 saturated carbocycles. The van der Waals surface area contributed by atoms with Crippen LogP contribution in [0.2, 0.25) is 5.02 Å². The third kappa shape index (κ3) is 6.30. The molecule has 67 heavy (non-hydrogen) atoms. The average molecular weight is 949 g/mol. The highest BCUT2D eigenvalue weighted by Gasteiger charge is 2.66. The number of benzene rings is 3. The van der Waals surface area contributed by atoms with E-state index in [-0.39, 0.29) is 54.7 Å². The largest absolute Gasteiger partial charge is 0.508 e. The van der Waals surface area contributed by atoms with Crippen molar-refractivity contribution in [2.24, 2.45) is 25.4 Å². The number of thiophene rings is 1. The van der Waals surface area contributed by atoms with Gasteiger partial charge >= 0.3 is 11.4 Å². The van der Waals surface area contributed by atoms with Crippen molar-refractivity contribution < 1.29 is 33.6 Å². The van der Waals surface area contributed by atoms with Gasteiger partial charge in [-0.1, -0.05) is 17.7 Å². The van der Waals surface area contributed by atoms with Gasteiger partial charge in [0.2, 0.25) is 11.8 Å². The Balaban J connectivity index is 1.08. The molecule has 6 heterocycles. The van der Waals surface area contributed by atoms with Crippen LogP contribution in [-0.4, -0.2) is 78.6 Å². The van der Waals surface area contributed by atoms with Crippen LogP contribution in [0.25, 0.3) is 31.7 Å². The number of aryl methyl sites for hydroxylation is 4. The predicted molar refractivity (Wildman–Crippen MR) is 250 cm³/mol. The maximum atomic E-state index is 15.5. The number of hydrogen-bond acceptors (Lipinski definition) is 13. The van der Waals surface area contributed by atoms with Crippen LogP contribution in [0.15, 0.2) is 74.6 Å². The number of hydrogen-bond donors (Lipinski definition) is 1. The van der Waals surface area contributed by atoms with E-state index >= 15 is 9.59 Å². The second kappa shape index (κ2) is 15.8. The van der Waals surface area contributed by atoms with Crippen LogP contribution in [0.5, 0.6) is 28.7 Å². The number of carbonyl (C=O) groups is 2. The molecule has 0 unspecified atom stereocenters. The molecular weight excluding hydrogens is 904 g/mol. The molecule has 4 aromatic heterocycles. The topological polar surface area (TPSA) is 196 Å². The van der Waals surface area contributed by atoms with Crippen LogP contribution in [0.4, 0.5) is 5.82 Å². The molecule has 346 valence electrons. The van der Waals surface area contributed by atoms with Crippen molar-refractivity contribution in [1.82, 2.24) is 33.3 Å². The minimum absolute atomic E-state index is 0.0229. The first-order chi connectivity index (χ1) is 32.0. The first kappa shape index (κ1) is 43.8. The second-order valence-corrected chi connectivity index (χ2v) is 18.7. The maximum absolute atomic E-state index is 15.5. The van der Waals surface area contributed by atoms with Gasteiger partial charge in [0.05, 0.1) is 68.3 Å². The van der Waals surface area contributed by atoms with Crippen LogP contribution in [0.1, 0.15) is 42.1 Å². The van der Waals surface area contributed by atoms with E-state index in [0.717, 1.165) is 25.1 Å². The predicted octanol–water partition coefficient (Wildman–Crippen LogP) is 5.48. The molecule has 18 nitrogen and oxygen atoms in total. The van der Waals surface area contributed by atoms with Gasteiger partial charge in [-0.2, -0.15) is 5.10 Å². The molecule has 10 rings (SSSR count). The van der Waals surface area contributed by atoms with Gasteiger partial charge in [-0.05, 0) is 55.0 Å². The number of aromatic nitrogens is 7. The third-order valence-electron chi connectivity index (χ3n) is 13.9. The summed E-state index contributed by atoms with van der Waals surface area (Å²) < 4.78 is 30.3. The Morgan fingerprint density at radius 3 is 2.27 bits per heavy atom. The van der Waals surface area contributed by atoms with Gasteiger partial charge in [0.1, 0.15) is 34.5 Å². The lowest BCUT2D eigenvalue weighted by Crippen LogP contribution is -2.49. The summed E-state index contributed by atoms with van der Waals surface area (Å²) in [6.45, 7) is 3.48. The average Bonchev–Trinajstić information content (AvgIpc) is 3.99. The van der Waals surface area contributed by atoms with Crippen LogP contribution in [0.3, 0.4) is 0 Å². The number of methoxy groups -OCH3 is 4. The molecule has 0 spiro atoms. The summed E-state index contributed by atoms with van der Waals surface area (Å²) in [6, 6.07) is 12.6. The van der Waals surface area contributed by atoms with E-state index < -0.39 is 52.0 Å². The zero-order chi connectivity index (χ0) is 47.5. The number of carbonyl (C=O) groups excluding carboxylic acids is 2. The zero-order valence-electron chi connectivity index (χ0n) is 37.7. The number of allylic oxidation sites excluding steroid dienone is 2. The van der Waals surface area contributed by atoms with Gasteiger partial charge in [-0.25, -0.2) is 33.4 Å². The molecule has 7 aromatic rings. The molecule has 1 aliphatic carbocycles. The van der Waals surface area contributed by atoms with Gasteiger partial charge in [0.15, 0.2) is 11.5 Å². The van der Waals surface area contributed by atoms with Crippen LogP contribution in [0, 0.1) is 18.3 Å². The number of fused-ring (bicyclic) bond motifs is 6. The van der Waals surface area contributed by atoms with Crippen LogP contribution in [-0.2, 0) is 43.2 Å². The zero-order valence-corrected chi connectivity index (χ0v) is 39.3. The molecule has 2 amide bonds. The van der Waals surface area contributed by atoms with Gasteiger partial charge in [0, 0.05) is 78.6 Å². The molecule has 20 heteroatoms. The molecule has 2 aliphatic heterocycles. The molecule has 2 fully saturated rings. The number of ether oxygens (including phenoxy) is 4. The van der Waals surface area contributed by atoms with E-state index in [4.69, 9.17) is 35.6 Å². The summed E-state index contributed by atoms with van der Waals surface area (Å²) in [5.41, 5.74) is 0.369. The Bertz CT molecular complexity index is 3480. The molecule has 4 atom stereocenters. The summed E-state index contributed by atoms with van der Waals surface area (Å²) >= 11 is 7.88. The Hall–Kier alpha value is -7.12. The lowest BCUT2D eigenvalue weighted by molar-refractivity contribution is -0.129. The Labute approximate surface area is 390 Å². The fourth-order valence-corrected chi connectivity index (χ4v) is 11.9. The molecular formula is C47H45ClN8O10S. The van der Waals surface area contributed by atoms with Crippen molar-refractivity contribution in [2.45, 2.75) is 51.7 Å². The second-order valence-electron chi connectivity index (χ2n) is 17.2. The van der Waals surface area contributed by atoms with Crippen LogP contribution < -0.4 is 40.8 Å². The highest BCUT2D eigenvalue weighted by molar-refractivity contribution is 7.22. The van der Waals surface area contributed by atoms with Gasteiger partial charge in [0.25, 0.3) is 5.56 Å². The van der Waals surface area contributed by atoms with Crippen molar-refractivity contribution >= 4 is 61.7 Å². The van der Waals surface area contributed by atoms with E-state index in [2.05, 4.69) is 4.98 Å². The number of anilines is 1. The molecule has 1 N–H and O–H groups in total. The Morgan fingerprint density at radius 2 is 1.58 bits per heavy atom. The lowest BCUT2D eigenvalue weighted by atomic mass is 9.56. The van der Waals surface area contributed by atoms with E-state index in [1.165, 1.54) is 75.4 Å².